The summed E-state index contributed by atoms with van der Waals surface area (Å²) in [4.78, 5) is 15.5. The zero-order valence-corrected chi connectivity index (χ0v) is 15.1. The second-order valence-electron chi connectivity index (χ2n) is 5.93. The second kappa shape index (κ2) is 8.70. The molecular formula is C18H25N3O2S. The van der Waals surface area contributed by atoms with Crippen LogP contribution in [0, 0.1) is 0 Å². The lowest BCUT2D eigenvalue weighted by Crippen LogP contribution is -2.33. The molecule has 0 fully saturated rings. The van der Waals surface area contributed by atoms with E-state index < -0.39 is 0 Å². The van der Waals surface area contributed by atoms with Gasteiger partial charge in [-0.25, -0.2) is 4.79 Å². The van der Waals surface area contributed by atoms with E-state index in [1.54, 1.807) is 11.3 Å². The van der Waals surface area contributed by atoms with Crippen LogP contribution in [-0.2, 0) is 0 Å². The third-order valence-electron chi connectivity index (χ3n) is 3.90. The molecule has 1 aromatic heterocycles. The molecule has 1 heterocycles. The number of thiophene rings is 1. The smallest absolute Gasteiger partial charge is 0.319 e. The maximum Gasteiger partial charge on any atom is 0.319 e. The number of aliphatic hydroxyl groups is 1. The summed E-state index contributed by atoms with van der Waals surface area (Å²) >= 11 is 1.57. The molecule has 130 valence electrons. The van der Waals surface area contributed by atoms with Crippen molar-refractivity contribution in [3.8, 4) is 0 Å². The topological polar surface area (TPSA) is 64.6 Å². The van der Waals surface area contributed by atoms with Crippen LogP contribution in [0.5, 0.6) is 0 Å². The largest absolute Gasteiger partial charge is 0.396 e. The van der Waals surface area contributed by atoms with Gasteiger partial charge in [-0.15, -0.1) is 11.3 Å². The number of nitrogens with zero attached hydrogens (tertiary/aromatic N) is 1. The van der Waals surface area contributed by atoms with Gasteiger partial charge >= 0.3 is 6.03 Å². The molecule has 1 atom stereocenters. The van der Waals surface area contributed by atoms with Gasteiger partial charge in [-0.05, 0) is 49.9 Å². The molecule has 0 aliphatic rings. The molecule has 0 saturated heterocycles. The summed E-state index contributed by atoms with van der Waals surface area (Å²) in [6.45, 7) is 4.26. The molecule has 6 heteroatoms. The van der Waals surface area contributed by atoms with Crippen LogP contribution >= 0.6 is 11.3 Å². The van der Waals surface area contributed by atoms with E-state index in [1.165, 1.54) is 0 Å². The van der Waals surface area contributed by atoms with Gasteiger partial charge in [0, 0.05) is 35.9 Å². The number of carbonyl (C=O) groups is 1. The molecular weight excluding hydrogens is 322 g/mol. The Morgan fingerprint density at radius 3 is 2.71 bits per heavy atom. The molecule has 24 heavy (non-hydrogen) atoms. The fourth-order valence-corrected chi connectivity index (χ4v) is 3.14. The molecule has 2 aromatic rings. The van der Waals surface area contributed by atoms with Crippen LogP contribution in [0.2, 0.25) is 0 Å². The molecule has 0 aliphatic carbocycles. The number of benzene rings is 1. The molecule has 0 unspecified atom stereocenters. The maximum atomic E-state index is 12.3. The van der Waals surface area contributed by atoms with Crippen molar-refractivity contribution in [2.45, 2.75) is 32.4 Å². The normalized spacial score (nSPS) is 12.0. The Hall–Kier alpha value is -2.05. The predicted octanol–water partition coefficient (Wildman–Crippen LogP) is 3.84. The number of aliphatic hydroxyl groups excluding tert-OH is 1. The van der Waals surface area contributed by atoms with Crippen molar-refractivity contribution in [2.75, 3.05) is 23.9 Å². The van der Waals surface area contributed by atoms with E-state index in [2.05, 4.69) is 29.4 Å². The van der Waals surface area contributed by atoms with Gasteiger partial charge < -0.3 is 20.6 Å². The minimum Gasteiger partial charge on any atom is -0.396 e. The van der Waals surface area contributed by atoms with Crippen LogP contribution < -0.4 is 15.5 Å². The van der Waals surface area contributed by atoms with Gasteiger partial charge in [-0.3, -0.25) is 0 Å². The number of anilines is 2. The average molecular weight is 347 g/mol. The standard InChI is InChI=1S/C18H25N3O2S/c1-13(2)21(3)15-7-4-6-14(12-15)19-18(23)20-16(9-10-22)17-8-5-11-24-17/h4-8,11-13,16,22H,9-10H2,1-3H3,(H2,19,20,23)/t16-/m0/s1. The Morgan fingerprint density at radius 1 is 1.29 bits per heavy atom. The highest BCUT2D eigenvalue weighted by Crippen LogP contribution is 2.23. The van der Waals surface area contributed by atoms with Gasteiger partial charge in [-0.2, -0.15) is 0 Å². The number of carbonyl (C=O) groups excluding carboxylic acids is 1. The molecule has 0 bridgehead atoms. The molecule has 3 N–H and O–H groups in total. The van der Waals surface area contributed by atoms with Crippen molar-refractivity contribution >= 4 is 28.7 Å². The number of hydrogen-bond acceptors (Lipinski definition) is 4. The molecule has 0 aliphatic heterocycles. The van der Waals surface area contributed by atoms with Crippen molar-refractivity contribution in [2.24, 2.45) is 0 Å². The molecule has 0 saturated carbocycles. The Morgan fingerprint density at radius 2 is 2.08 bits per heavy atom. The monoisotopic (exact) mass is 347 g/mol. The summed E-state index contributed by atoms with van der Waals surface area (Å²) in [6.07, 6.45) is 0.490. The Bertz CT molecular complexity index is 643. The van der Waals surface area contributed by atoms with Crippen LogP contribution in [-0.4, -0.2) is 30.8 Å². The zero-order chi connectivity index (χ0) is 17.5. The summed E-state index contributed by atoms with van der Waals surface area (Å²) in [5.74, 6) is 0. The lowest BCUT2D eigenvalue weighted by atomic mass is 10.2. The number of hydrogen-bond donors (Lipinski definition) is 3. The van der Waals surface area contributed by atoms with Gasteiger partial charge in [0.15, 0.2) is 0 Å². The first kappa shape index (κ1) is 18.3. The third kappa shape index (κ3) is 4.97. The summed E-state index contributed by atoms with van der Waals surface area (Å²) in [5.41, 5.74) is 1.79. The van der Waals surface area contributed by atoms with Crippen molar-refractivity contribution in [3.63, 3.8) is 0 Å². The van der Waals surface area contributed by atoms with Gasteiger partial charge in [0.2, 0.25) is 0 Å². The van der Waals surface area contributed by atoms with E-state index >= 15 is 0 Å². The molecule has 5 nitrogen and oxygen atoms in total. The van der Waals surface area contributed by atoms with Crippen LogP contribution in [0.3, 0.4) is 0 Å². The average Bonchev–Trinajstić information content (AvgIpc) is 3.08. The van der Waals surface area contributed by atoms with Crippen LogP contribution in [0.1, 0.15) is 31.2 Å². The Kier molecular flexibility index (Phi) is 6.63. The fourth-order valence-electron chi connectivity index (χ4n) is 2.33. The van der Waals surface area contributed by atoms with Crippen molar-refractivity contribution in [3.05, 3.63) is 46.7 Å². The van der Waals surface area contributed by atoms with Gasteiger partial charge in [0.25, 0.3) is 0 Å². The number of urea groups is 1. The SMILES string of the molecule is CC(C)N(C)c1cccc(NC(=O)N[C@@H](CCO)c2cccs2)c1. The van der Waals surface area contributed by atoms with Crippen LogP contribution in [0.25, 0.3) is 0 Å². The van der Waals surface area contributed by atoms with E-state index in [4.69, 9.17) is 0 Å². The minimum atomic E-state index is -0.272. The first-order valence-corrected chi connectivity index (χ1v) is 8.94. The highest BCUT2D eigenvalue weighted by Gasteiger charge is 2.15. The summed E-state index contributed by atoms with van der Waals surface area (Å²) < 4.78 is 0. The molecule has 0 spiro atoms. The van der Waals surface area contributed by atoms with Crippen molar-refractivity contribution in [1.29, 1.82) is 0 Å². The predicted molar refractivity (Wildman–Crippen MR) is 101 cm³/mol. The van der Waals surface area contributed by atoms with Crippen molar-refractivity contribution in [1.82, 2.24) is 5.32 Å². The van der Waals surface area contributed by atoms with Crippen LogP contribution in [0.15, 0.2) is 41.8 Å². The van der Waals surface area contributed by atoms with E-state index in [-0.39, 0.29) is 18.7 Å². The molecule has 0 radical (unpaired) electrons. The number of amides is 2. The lowest BCUT2D eigenvalue weighted by Gasteiger charge is -2.24. The highest BCUT2D eigenvalue weighted by atomic mass is 32.1. The third-order valence-corrected chi connectivity index (χ3v) is 4.88. The van der Waals surface area contributed by atoms with E-state index in [0.717, 1.165) is 16.3 Å². The van der Waals surface area contributed by atoms with Gasteiger partial charge in [-0.1, -0.05) is 12.1 Å². The fraction of sp³-hybridized carbons (Fsp3) is 0.389. The number of rotatable bonds is 7. The van der Waals surface area contributed by atoms with Crippen LogP contribution in [0.4, 0.5) is 16.2 Å². The lowest BCUT2D eigenvalue weighted by molar-refractivity contribution is 0.239. The molecule has 2 amide bonds. The molecule has 1 aromatic carbocycles. The summed E-state index contributed by atoms with van der Waals surface area (Å²) in [6, 6.07) is 11.6. The van der Waals surface area contributed by atoms with Crippen molar-refractivity contribution < 1.29 is 9.90 Å². The van der Waals surface area contributed by atoms with E-state index in [1.807, 2.05) is 48.8 Å². The zero-order valence-electron chi connectivity index (χ0n) is 14.3. The summed E-state index contributed by atoms with van der Waals surface area (Å²) in [7, 11) is 2.03. The van der Waals surface area contributed by atoms with Gasteiger partial charge in [0.1, 0.15) is 0 Å². The minimum absolute atomic E-state index is 0.0253. The number of nitrogens with one attached hydrogen (secondary N) is 2. The Labute approximate surface area is 147 Å². The van der Waals surface area contributed by atoms with E-state index in [0.29, 0.717) is 12.5 Å². The first-order valence-electron chi connectivity index (χ1n) is 8.06. The van der Waals surface area contributed by atoms with E-state index in [9.17, 15) is 9.90 Å². The first-order chi connectivity index (χ1) is 11.5. The summed E-state index contributed by atoms with van der Waals surface area (Å²) in [5, 5.41) is 17.0. The Balaban J connectivity index is 2.02. The highest BCUT2D eigenvalue weighted by molar-refractivity contribution is 7.10. The maximum absolute atomic E-state index is 12.3. The second-order valence-corrected chi connectivity index (χ2v) is 6.91. The van der Waals surface area contributed by atoms with Gasteiger partial charge in [0.05, 0.1) is 6.04 Å². The quantitative estimate of drug-likeness (QED) is 0.713. The molecule has 2 rings (SSSR count).